The molecule has 0 atom stereocenters. The first-order chi connectivity index (χ1) is 3.39. The van der Waals surface area contributed by atoms with Gasteiger partial charge in [0.05, 0.1) is 0 Å². The smallest absolute Gasteiger partial charge is 0.135 e. The quantitative estimate of drug-likeness (QED) is 0.500. The molecule has 0 aromatic heterocycles. The van der Waals surface area contributed by atoms with Crippen molar-refractivity contribution in [3.63, 3.8) is 0 Å². The van der Waals surface area contributed by atoms with E-state index in [1.807, 2.05) is 0 Å². The summed E-state index contributed by atoms with van der Waals surface area (Å²) in [5.41, 5.74) is 0. The molecule has 2 heteroatoms. The second-order valence-electron chi connectivity index (χ2n) is 1.79. The standard InChI is InChI=1S/C5H9NO.CH4/c7-5-1-3-6-4-2-5;/h6H,1-4H2;1H4. The van der Waals surface area contributed by atoms with Crippen molar-refractivity contribution < 1.29 is 4.79 Å². The van der Waals surface area contributed by atoms with Crippen LogP contribution in [-0.4, -0.2) is 18.9 Å². The average Bonchev–Trinajstić information content (AvgIpc) is 1.69. The van der Waals surface area contributed by atoms with Crippen LogP contribution in [-0.2, 0) is 4.79 Å². The van der Waals surface area contributed by atoms with Gasteiger partial charge in [0.25, 0.3) is 0 Å². The molecule has 0 aromatic rings. The summed E-state index contributed by atoms with van der Waals surface area (Å²) in [7, 11) is 0. The molecule has 1 aliphatic rings. The van der Waals surface area contributed by atoms with E-state index in [2.05, 4.69) is 5.32 Å². The van der Waals surface area contributed by atoms with E-state index >= 15 is 0 Å². The lowest BCUT2D eigenvalue weighted by atomic mass is 10.1. The van der Waals surface area contributed by atoms with Crippen LogP contribution >= 0.6 is 0 Å². The topological polar surface area (TPSA) is 29.1 Å². The first kappa shape index (κ1) is 7.63. The lowest BCUT2D eigenvalue weighted by Gasteiger charge is -2.08. The molecule has 0 amide bonds. The summed E-state index contributed by atoms with van der Waals surface area (Å²) in [6.45, 7) is 1.78. The maximum Gasteiger partial charge on any atom is 0.135 e. The van der Waals surface area contributed by atoms with Gasteiger partial charge in [-0.25, -0.2) is 0 Å². The molecule has 0 radical (unpaired) electrons. The summed E-state index contributed by atoms with van der Waals surface area (Å²) < 4.78 is 0. The van der Waals surface area contributed by atoms with Crippen molar-refractivity contribution in [2.24, 2.45) is 0 Å². The van der Waals surface area contributed by atoms with Gasteiger partial charge >= 0.3 is 0 Å². The van der Waals surface area contributed by atoms with E-state index in [-0.39, 0.29) is 7.43 Å². The molecular formula is C6H13NO. The summed E-state index contributed by atoms with van der Waals surface area (Å²) in [4.78, 5) is 10.4. The summed E-state index contributed by atoms with van der Waals surface area (Å²) in [5, 5.41) is 3.09. The van der Waals surface area contributed by atoms with Gasteiger partial charge in [-0.2, -0.15) is 0 Å². The van der Waals surface area contributed by atoms with Crippen molar-refractivity contribution in [1.29, 1.82) is 0 Å². The summed E-state index contributed by atoms with van der Waals surface area (Å²) in [5.74, 6) is 0.402. The fourth-order valence-electron chi connectivity index (χ4n) is 0.706. The Hall–Kier alpha value is -0.370. The highest BCUT2D eigenvalue weighted by Crippen LogP contribution is 1.91. The summed E-state index contributed by atoms with van der Waals surface area (Å²) in [6.07, 6.45) is 1.47. The number of hydrogen-bond acceptors (Lipinski definition) is 2. The molecule has 1 saturated heterocycles. The van der Waals surface area contributed by atoms with Crippen LogP contribution in [0, 0.1) is 0 Å². The zero-order valence-electron chi connectivity index (χ0n) is 4.24. The molecule has 48 valence electrons. The molecule has 1 aliphatic heterocycles. The molecular weight excluding hydrogens is 102 g/mol. The predicted octanol–water partition coefficient (Wildman–Crippen LogP) is 0.575. The number of carbonyl (C=O) groups is 1. The van der Waals surface area contributed by atoms with E-state index in [0.29, 0.717) is 5.78 Å². The zero-order valence-corrected chi connectivity index (χ0v) is 4.24. The van der Waals surface area contributed by atoms with Crippen molar-refractivity contribution in [2.45, 2.75) is 20.3 Å². The summed E-state index contributed by atoms with van der Waals surface area (Å²) in [6, 6.07) is 0. The minimum atomic E-state index is 0. The number of ketones is 1. The van der Waals surface area contributed by atoms with E-state index in [1.54, 1.807) is 0 Å². The Morgan fingerprint density at radius 2 is 1.75 bits per heavy atom. The van der Waals surface area contributed by atoms with Crippen molar-refractivity contribution in [1.82, 2.24) is 5.32 Å². The first-order valence-corrected chi connectivity index (χ1v) is 2.62. The number of Topliss-reactive ketones (excluding diaryl/α,β-unsaturated/α-hetero) is 1. The lowest BCUT2D eigenvalue weighted by Crippen LogP contribution is -2.27. The lowest BCUT2D eigenvalue weighted by molar-refractivity contribution is -0.119. The van der Waals surface area contributed by atoms with Crippen LogP contribution in [0.4, 0.5) is 0 Å². The van der Waals surface area contributed by atoms with Crippen LogP contribution < -0.4 is 5.32 Å². The Kier molecular flexibility index (Phi) is 3.44. The maximum atomic E-state index is 10.4. The van der Waals surface area contributed by atoms with Gasteiger partial charge < -0.3 is 5.32 Å². The summed E-state index contributed by atoms with van der Waals surface area (Å²) >= 11 is 0. The third kappa shape index (κ3) is 2.07. The van der Waals surface area contributed by atoms with Crippen molar-refractivity contribution in [3.05, 3.63) is 0 Å². The van der Waals surface area contributed by atoms with Gasteiger partial charge in [-0.3, -0.25) is 4.79 Å². The number of nitrogens with one attached hydrogen (secondary N) is 1. The molecule has 2 nitrogen and oxygen atoms in total. The molecule has 0 spiro atoms. The minimum Gasteiger partial charge on any atom is -0.316 e. The molecule has 0 aromatic carbocycles. The average molecular weight is 115 g/mol. The van der Waals surface area contributed by atoms with Crippen molar-refractivity contribution in [2.75, 3.05) is 13.1 Å². The van der Waals surface area contributed by atoms with Gasteiger partial charge in [0.1, 0.15) is 5.78 Å². The molecule has 1 N–H and O–H groups in total. The van der Waals surface area contributed by atoms with Crippen LogP contribution in [0.5, 0.6) is 0 Å². The van der Waals surface area contributed by atoms with Crippen LogP contribution in [0.3, 0.4) is 0 Å². The monoisotopic (exact) mass is 115 g/mol. The predicted molar refractivity (Wildman–Crippen MR) is 33.8 cm³/mol. The van der Waals surface area contributed by atoms with Gasteiger partial charge in [-0.15, -0.1) is 0 Å². The number of hydrogen-bond donors (Lipinski definition) is 1. The molecule has 0 bridgehead atoms. The molecule has 8 heavy (non-hydrogen) atoms. The van der Waals surface area contributed by atoms with Gasteiger partial charge in [-0.1, -0.05) is 7.43 Å². The Balaban J connectivity index is 0.000000490. The highest BCUT2D eigenvalue weighted by molar-refractivity contribution is 5.79. The Morgan fingerprint density at radius 3 is 2.00 bits per heavy atom. The number of piperidine rings is 1. The molecule has 1 fully saturated rings. The first-order valence-electron chi connectivity index (χ1n) is 2.62. The molecule has 0 unspecified atom stereocenters. The van der Waals surface area contributed by atoms with E-state index < -0.39 is 0 Å². The van der Waals surface area contributed by atoms with Gasteiger partial charge in [0.15, 0.2) is 0 Å². The largest absolute Gasteiger partial charge is 0.316 e. The number of rotatable bonds is 0. The van der Waals surface area contributed by atoms with Gasteiger partial charge in [0, 0.05) is 25.9 Å². The SMILES string of the molecule is C.O=C1CCNCC1. The third-order valence-corrected chi connectivity index (χ3v) is 1.16. The van der Waals surface area contributed by atoms with Crippen LogP contribution in [0.2, 0.25) is 0 Å². The van der Waals surface area contributed by atoms with Crippen LogP contribution in [0.1, 0.15) is 20.3 Å². The van der Waals surface area contributed by atoms with Crippen LogP contribution in [0.15, 0.2) is 0 Å². The fourth-order valence-corrected chi connectivity index (χ4v) is 0.706. The Labute approximate surface area is 50.3 Å². The molecule has 1 rings (SSSR count). The second kappa shape index (κ2) is 3.61. The second-order valence-corrected chi connectivity index (χ2v) is 1.79. The van der Waals surface area contributed by atoms with Gasteiger partial charge in [0.2, 0.25) is 0 Å². The molecule has 0 saturated carbocycles. The highest BCUT2D eigenvalue weighted by Gasteiger charge is 2.04. The Morgan fingerprint density at radius 1 is 1.25 bits per heavy atom. The zero-order chi connectivity index (χ0) is 5.11. The van der Waals surface area contributed by atoms with Gasteiger partial charge in [-0.05, 0) is 0 Å². The van der Waals surface area contributed by atoms with E-state index in [9.17, 15) is 4.79 Å². The van der Waals surface area contributed by atoms with Crippen molar-refractivity contribution >= 4 is 5.78 Å². The molecule has 0 aliphatic carbocycles. The number of carbonyl (C=O) groups excluding carboxylic acids is 1. The van der Waals surface area contributed by atoms with E-state index in [0.717, 1.165) is 25.9 Å². The van der Waals surface area contributed by atoms with E-state index in [1.165, 1.54) is 0 Å². The Bertz CT molecular complexity index is 72.6. The fraction of sp³-hybridized carbons (Fsp3) is 0.833. The van der Waals surface area contributed by atoms with Crippen LogP contribution in [0.25, 0.3) is 0 Å². The normalized spacial score (nSPS) is 19.8. The third-order valence-electron chi connectivity index (χ3n) is 1.16. The van der Waals surface area contributed by atoms with E-state index in [4.69, 9.17) is 0 Å². The minimum absolute atomic E-state index is 0. The molecule has 1 heterocycles. The maximum absolute atomic E-state index is 10.4. The van der Waals surface area contributed by atoms with Crippen molar-refractivity contribution in [3.8, 4) is 0 Å². The highest BCUT2D eigenvalue weighted by atomic mass is 16.1.